The first-order valence-electron chi connectivity index (χ1n) is 4.30. The minimum absolute atomic E-state index is 0.293. The average molecular weight is 222 g/mol. The highest BCUT2D eigenvalue weighted by Gasteiger charge is 2.38. The Kier molecular flexibility index (Phi) is 3.34. The molecule has 0 saturated carbocycles. The summed E-state index contributed by atoms with van der Waals surface area (Å²) in [7, 11) is 0. The number of alkyl halides is 3. The second-order valence-electron chi connectivity index (χ2n) is 3.33. The number of aliphatic hydroxyl groups excluding tert-OH is 1. The Labute approximate surface area is 84.3 Å². The highest BCUT2D eigenvalue weighted by molar-refractivity contribution is 5.27. The number of rotatable bonds is 2. The largest absolute Gasteiger partial charge is 0.414 e. The number of halogens is 4. The normalized spacial score (nSPS) is 14.0. The Morgan fingerprint density at radius 1 is 1.33 bits per heavy atom. The van der Waals surface area contributed by atoms with Crippen LogP contribution in [-0.4, -0.2) is 17.4 Å². The van der Waals surface area contributed by atoms with Gasteiger partial charge in [0.2, 0.25) is 0 Å². The van der Waals surface area contributed by atoms with Crippen LogP contribution in [0.25, 0.3) is 0 Å². The third-order valence-electron chi connectivity index (χ3n) is 2.10. The molecule has 0 heterocycles. The summed E-state index contributed by atoms with van der Waals surface area (Å²) in [5.74, 6) is -0.502. The third kappa shape index (κ3) is 3.20. The molecule has 1 atom stereocenters. The van der Waals surface area contributed by atoms with Gasteiger partial charge >= 0.3 is 6.18 Å². The molecular formula is C10H10F4O. The fourth-order valence-electron chi connectivity index (χ4n) is 1.21. The van der Waals surface area contributed by atoms with E-state index in [2.05, 4.69) is 0 Å². The van der Waals surface area contributed by atoms with E-state index in [1.165, 1.54) is 13.0 Å². The monoisotopic (exact) mass is 222 g/mol. The molecule has 1 rings (SSSR count). The molecule has 0 amide bonds. The van der Waals surface area contributed by atoms with Crippen molar-refractivity contribution in [2.45, 2.75) is 25.6 Å². The quantitative estimate of drug-likeness (QED) is 0.762. The lowest BCUT2D eigenvalue weighted by molar-refractivity contribution is -0.203. The van der Waals surface area contributed by atoms with Gasteiger partial charge in [0.15, 0.2) is 6.10 Å². The predicted octanol–water partition coefficient (Wildman–Crippen LogP) is 2.60. The Morgan fingerprint density at radius 2 is 1.93 bits per heavy atom. The van der Waals surface area contributed by atoms with Gasteiger partial charge in [0, 0.05) is 6.42 Å². The van der Waals surface area contributed by atoms with Crippen LogP contribution in [-0.2, 0) is 6.42 Å². The van der Waals surface area contributed by atoms with E-state index in [9.17, 15) is 17.6 Å². The standard InChI is InChI=1S/C10H10F4O/c1-6-4-8(11)3-2-7(6)5-9(15)10(12,13)14/h2-4,9,15H,5H2,1H3. The van der Waals surface area contributed by atoms with Crippen LogP contribution in [0, 0.1) is 12.7 Å². The lowest BCUT2D eigenvalue weighted by Gasteiger charge is -2.15. The molecule has 0 spiro atoms. The van der Waals surface area contributed by atoms with Gasteiger partial charge in [-0.15, -0.1) is 0 Å². The molecule has 0 bridgehead atoms. The van der Waals surface area contributed by atoms with Crippen molar-refractivity contribution < 1.29 is 22.7 Å². The van der Waals surface area contributed by atoms with Crippen LogP contribution in [0.4, 0.5) is 17.6 Å². The summed E-state index contributed by atoms with van der Waals surface area (Å²) in [6.07, 6.45) is -7.59. The van der Waals surface area contributed by atoms with E-state index in [1.54, 1.807) is 0 Å². The van der Waals surface area contributed by atoms with Gasteiger partial charge in [-0.25, -0.2) is 4.39 Å². The van der Waals surface area contributed by atoms with E-state index in [-0.39, 0.29) is 0 Å². The molecule has 1 aromatic carbocycles. The molecule has 0 saturated heterocycles. The number of aryl methyl sites for hydroxylation is 1. The Hall–Kier alpha value is -1.10. The second kappa shape index (κ2) is 4.18. The topological polar surface area (TPSA) is 20.2 Å². The van der Waals surface area contributed by atoms with Crippen molar-refractivity contribution in [2.24, 2.45) is 0 Å². The first kappa shape index (κ1) is 12.0. The van der Waals surface area contributed by atoms with Gasteiger partial charge in [-0.1, -0.05) is 6.07 Å². The molecule has 0 aromatic heterocycles. The summed E-state index contributed by atoms with van der Waals surface area (Å²) >= 11 is 0. The Bertz CT molecular complexity index is 346. The van der Waals surface area contributed by atoms with Gasteiger partial charge in [-0.2, -0.15) is 13.2 Å². The molecule has 0 aliphatic rings. The van der Waals surface area contributed by atoms with Gasteiger partial charge < -0.3 is 5.11 Å². The predicted molar refractivity (Wildman–Crippen MR) is 46.9 cm³/mol. The highest BCUT2D eigenvalue weighted by atomic mass is 19.4. The van der Waals surface area contributed by atoms with Crippen LogP contribution in [0.5, 0.6) is 0 Å². The van der Waals surface area contributed by atoms with Crippen LogP contribution in [0.1, 0.15) is 11.1 Å². The second-order valence-corrected chi connectivity index (χ2v) is 3.33. The maximum atomic E-state index is 12.6. The first-order valence-corrected chi connectivity index (χ1v) is 4.30. The SMILES string of the molecule is Cc1cc(F)ccc1CC(O)C(F)(F)F. The van der Waals surface area contributed by atoms with Gasteiger partial charge in [0.25, 0.3) is 0 Å². The molecule has 1 aromatic rings. The molecule has 1 N–H and O–H groups in total. The van der Waals surface area contributed by atoms with Crippen molar-refractivity contribution >= 4 is 0 Å². The molecular weight excluding hydrogens is 212 g/mol. The number of hydrogen-bond acceptors (Lipinski definition) is 1. The van der Waals surface area contributed by atoms with E-state index in [0.29, 0.717) is 11.1 Å². The van der Waals surface area contributed by atoms with Gasteiger partial charge in [0.1, 0.15) is 5.82 Å². The molecule has 0 radical (unpaired) electrons. The minimum atomic E-state index is -4.64. The zero-order chi connectivity index (χ0) is 11.6. The van der Waals surface area contributed by atoms with Crippen molar-refractivity contribution in [2.75, 3.05) is 0 Å². The van der Waals surface area contributed by atoms with Crippen molar-refractivity contribution in [3.05, 3.63) is 35.1 Å². The highest BCUT2D eigenvalue weighted by Crippen LogP contribution is 2.24. The number of hydrogen-bond donors (Lipinski definition) is 1. The van der Waals surface area contributed by atoms with Gasteiger partial charge in [-0.3, -0.25) is 0 Å². The molecule has 84 valence electrons. The van der Waals surface area contributed by atoms with E-state index in [0.717, 1.165) is 12.1 Å². The molecule has 0 fully saturated rings. The summed E-state index contributed by atoms with van der Waals surface area (Å²) in [6, 6.07) is 3.46. The fraction of sp³-hybridized carbons (Fsp3) is 0.400. The number of aliphatic hydroxyl groups is 1. The van der Waals surface area contributed by atoms with Crippen LogP contribution in [0.2, 0.25) is 0 Å². The zero-order valence-corrected chi connectivity index (χ0v) is 7.98. The van der Waals surface area contributed by atoms with Crippen molar-refractivity contribution in [1.82, 2.24) is 0 Å². The third-order valence-corrected chi connectivity index (χ3v) is 2.10. The van der Waals surface area contributed by atoms with Gasteiger partial charge in [0.05, 0.1) is 0 Å². The fourth-order valence-corrected chi connectivity index (χ4v) is 1.21. The van der Waals surface area contributed by atoms with Crippen LogP contribution < -0.4 is 0 Å². The van der Waals surface area contributed by atoms with E-state index < -0.39 is 24.5 Å². The summed E-state index contributed by atoms with van der Waals surface area (Å²) in [5.41, 5.74) is 0.694. The molecule has 0 aliphatic carbocycles. The minimum Gasteiger partial charge on any atom is -0.383 e. The average Bonchev–Trinajstić information content (AvgIpc) is 2.08. The molecule has 0 aliphatic heterocycles. The van der Waals surface area contributed by atoms with Crippen LogP contribution in [0.3, 0.4) is 0 Å². The smallest absolute Gasteiger partial charge is 0.383 e. The van der Waals surface area contributed by atoms with E-state index in [1.807, 2.05) is 0 Å². The molecule has 15 heavy (non-hydrogen) atoms. The summed E-state index contributed by atoms with van der Waals surface area (Å²) in [6.45, 7) is 1.50. The Balaban J connectivity index is 2.82. The van der Waals surface area contributed by atoms with Crippen molar-refractivity contribution in [3.63, 3.8) is 0 Å². The zero-order valence-electron chi connectivity index (χ0n) is 7.98. The van der Waals surface area contributed by atoms with Crippen molar-refractivity contribution in [1.29, 1.82) is 0 Å². The summed E-state index contributed by atoms with van der Waals surface area (Å²) in [5, 5.41) is 8.81. The number of benzene rings is 1. The Morgan fingerprint density at radius 3 is 2.40 bits per heavy atom. The first-order chi connectivity index (χ1) is 6.80. The maximum Gasteiger partial charge on any atom is 0.414 e. The van der Waals surface area contributed by atoms with Crippen molar-refractivity contribution in [3.8, 4) is 0 Å². The van der Waals surface area contributed by atoms with Gasteiger partial charge in [-0.05, 0) is 30.2 Å². The molecule has 1 unspecified atom stereocenters. The van der Waals surface area contributed by atoms with E-state index in [4.69, 9.17) is 5.11 Å². The lowest BCUT2D eigenvalue weighted by atomic mass is 10.0. The molecule has 1 nitrogen and oxygen atoms in total. The molecule has 5 heteroatoms. The van der Waals surface area contributed by atoms with Crippen LogP contribution >= 0.6 is 0 Å². The lowest BCUT2D eigenvalue weighted by Crippen LogP contribution is -2.30. The van der Waals surface area contributed by atoms with E-state index >= 15 is 0 Å². The summed E-state index contributed by atoms with van der Waals surface area (Å²) in [4.78, 5) is 0. The maximum absolute atomic E-state index is 12.6. The summed E-state index contributed by atoms with van der Waals surface area (Å²) < 4.78 is 48.7. The van der Waals surface area contributed by atoms with Crippen LogP contribution in [0.15, 0.2) is 18.2 Å².